The molecule has 1 aliphatic rings. The highest BCUT2D eigenvalue weighted by Crippen LogP contribution is 2.30. The normalized spacial score (nSPS) is 23.7. The Labute approximate surface area is 114 Å². The van der Waals surface area contributed by atoms with Crippen LogP contribution in [0.1, 0.15) is 32.6 Å². The van der Waals surface area contributed by atoms with Crippen LogP contribution in [-0.4, -0.2) is 26.3 Å². The van der Waals surface area contributed by atoms with Gasteiger partial charge in [0.05, 0.1) is 10.1 Å². The standard InChI is InChI=1S/C14H20FNO2S/c1-2-10-16-13-4-3-5-14(13)19(17,18)12-8-6-11(15)7-9-12/h6-9,13-14,16H,2-5,10H2,1H3. The van der Waals surface area contributed by atoms with Crippen LogP contribution >= 0.6 is 0 Å². The lowest BCUT2D eigenvalue weighted by Crippen LogP contribution is -2.40. The van der Waals surface area contributed by atoms with Gasteiger partial charge in [0, 0.05) is 6.04 Å². The fraction of sp³-hybridized carbons (Fsp3) is 0.571. The van der Waals surface area contributed by atoms with Gasteiger partial charge in [-0.2, -0.15) is 0 Å². The summed E-state index contributed by atoms with van der Waals surface area (Å²) in [5.74, 6) is -0.411. The lowest BCUT2D eigenvalue weighted by molar-refractivity contribution is 0.505. The Bertz CT molecular complexity index is 513. The number of rotatable bonds is 5. The minimum Gasteiger partial charge on any atom is -0.313 e. The monoisotopic (exact) mass is 285 g/mol. The van der Waals surface area contributed by atoms with E-state index in [0.717, 1.165) is 25.8 Å². The van der Waals surface area contributed by atoms with Crippen molar-refractivity contribution in [2.75, 3.05) is 6.54 Å². The summed E-state index contributed by atoms with van der Waals surface area (Å²) in [6.45, 7) is 2.89. The molecule has 2 rings (SSSR count). The largest absolute Gasteiger partial charge is 0.313 e. The predicted octanol–water partition coefficient (Wildman–Crippen LogP) is 2.52. The predicted molar refractivity (Wildman–Crippen MR) is 73.3 cm³/mol. The fourth-order valence-electron chi connectivity index (χ4n) is 2.66. The van der Waals surface area contributed by atoms with Crippen LogP contribution in [0, 0.1) is 5.82 Å². The van der Waals surface area contributed by atoms with E-state index in [-0.39, 0.29) is 16.2 Å². The van der Waals surface area contributed by atoms with Crippen LogP contribution in [0.25, 0.3) is 0 Å². The second kappa shape index (κ2) is 6.01. The van der Waals surface area contributed by atoms with Gasteiger partial charge in [-0.3, -0.25) is 0 Å². The number of benzene rings is 1. The fourth-order valence-corrected chi connectivity index (χ4v) is 4.67. The van der Waals surface area contributed by atoms with Gasteiger partial charge < -0.3 is 5.32 Å². The van der Waals surface area contributed by atoms with E-state index in [1.165, 1.54) is 24.3 Å². The van der Waals surface area contributed by atoms with Crippen molar-refractivity contribution < 1.29 is 12.8 Å². The summed E-state index contributed by atoms with van der Waals surface area (Å²) in [6, 6.07) is 5.15. The van der Waals surface area contributed by atoms with Crippen LogP contribution in [0.2, 0.25) is 0 Å². The maximum absolute atomic E-state index is 12.9. The molecule has 3 nitrogen and oxygen atoms in total. The van der Waals surface area contributed by atoms with Gasteiger partial charge >= 0.3 is 0 Å². The highest BCUT2D eigenvalue weighted by Gasteiger charge is 2.37. The second-order valence-electron chi connectivity index (χ2n) is 5.03. The third-order valence-corrected chi connectivity index (χ3v) is 5.94. The summed E-state index contributed by atoms with van der Waals surface area (Å²) >= 11 is 0. The minimum absolute atomic E-state index is 0.0232. The van der Waals surface area contributed by atoms with Crippen molar-refractivity contribution in [3.8, 4) is 0 Å². The minimum atomic E-state index is -3.36. The second-order valence-corrected chi connectivity index (χ2v) is 7.20. The molecule has 0 bridgehead atoms. The Morgan fingerprint density at radius 1 is 1.26 bits per heavy atom. The molecular weight excluding hydrogens is 265 g/mol. The smallest absolute Gasteiger partial charge is 0.182 e. The lowest BCUT2D eigenvalue weighted by Gasteiger charge is -2.21. The first-order chi connectivity index (χ1) is 9.05. The van der Waals surface area contributed by atoms with Crippen LogP contribution in [0.4, 0.5) is 4.39 Å². The van der Waals surface area contributed by atoms with Gasteiger partial charge in [-0.1, -0.05) is 13.3 Å². The topological polar surface area (TPSA) is 46.2 Å². The number of nitrogens with one attached hydrogen (secondary N) is 1. The average Bonchev–Trinajstić information content (AvgIpc) is 2.86. The SMILES string of the molecule is CCCNC1CCCC1S(=O)(=O)c1ccc(F)cc1. The highest BCUT2D eigenvalue weighted by atomic mass is 32.2. The van der Waals surface area contributed by atoms with E-state index in [1.807, 2.05) is 0 Å². The molecule has 0 aliphatic heterocycles. The maximum Gasteiger partial charge on any atom is 0.182 e. The van der Waals surface area contributed by atoms with E-state index < -0.39 is 15.7 Å². The molecule has 1 aromatic rings. The van der Waals surface area contributed by atoms with Crippen molar-refractivity contribution in [1.29, 1.82) is 0 Å². The zero-order valence-electron chi connectivity index (χ0n) is 11.1. The molecule has 1 saturated carbocycles. The van der Waals surface area contributed by atoms with E-state index in [9.17, 15) is 12.8 Å². The van der Waals surface area contributed by atoms with Crippen molar-refractivity contribution in [3.63, 3.8) is 0 Å². The van der Waals surface area contributed by atoms with E-state index in [1.54, 1.807) is 0 Å². The van der Waals surface area contributed by atoms with Crippen molar-refractivity contribution in [2.24, 2.45) is 0 Å². The molecule has 0 spiro atoms. The summed E-state index contributed by atoms with van der Waals surface area (Å²) < 4.78 is 38.0. The van der Waals surface area contributed by atoms with Crippen molar-refractivity contribution in [3.05, 3.63) is 30.1 Å². The van der Waals surface area contributed by atoms with E-state index in [0.29, 0.717) is 6.42 Å². The van der Waals surface area contributed by atoms with Crippen LogP contribution in [-0.2, 0) is 9.84 Å². The zero-order valence-corrected chi connectivity index (χ0v) is 11.9. The van der Waals surface area contributed by atoms with E-state index in [2.05, 4.69) is 12.2 Å². The van der Waals surface area contributed by atoms with Crippen LogP contribution in [0.3, 0.4) is 0 Å². The number of sulfone groups is 1. The van der Waals surface area contributed by atoms with Crippen molar-refractivity contribution in [1.82, 2.24) is 5.32 Å². The zero-order chi connectivity index (χ0) is 13.9. The quantitative estimate of drug-likeness (QED) is 0.846. The van der Waals surface area contributed by atoms with E-state index >= 15 is 0 Å². The number of halogens is 1. The van der Waals surface area contributed by atoms with E-state index in [4.69, 9.17) is 0 Å². The van der Waals surface area contributed by atoms with Gasteiger partial charge in [0.1, 0.15) is 5.82 Å². The molecular formula is C14H20FNO2S. The van der Waals surface area contributed by atoms with Gasteiger partial charge in [-0.05, 0) is 50.1 Å². The van der Waals surface area contributed by atoms with Crippen molar-refractivity contribution in [2.45, 2.75) is 48.8 Å². The first-order valence-corrected chi connectivity index (χ1v) is 8.33. The Hall–Kier alpha value is -0.940. The van der Waals surface area contributed by atoms with Gasteiger partial charge in [0.25, 0.3) is 0 Å². The number of hydrogen-bond donors (Lipinski definition) is 1. The summed E-state index contributed by atoms with van der Waals surface area (Å²) in [5.41, 5.74) is 0. The molecule has 106 valence electrons. The molecule has 19 heavy (non-hydrogen) atoms. The van der Waals surface area contributed by atoms with Crippen molar-refractivity contribution >= 4 is 9.84 Å². The summed E-state index contributed by atoms with van der Waals surface area (Å²) in [4.78, 5) is 0.226. The first kappa shape index (κ1) is 14.5. The van der Waals surface area contributed by atoms with Gasteiger partial charge in [-0.25, -0.2) is 12.8 Å². The molecule has 0 aromatic heterocycles. The molecule has 1 aromatic carbocycles. The lowest BCUT2D eigenvalue weighted by atomic mass is 10.2. The molecule has 0 radical (unpaired) electrons. The highest BCUT2D eigenvalue weighted by molar-refractivity contribution is 7.92. The Kier molecular flexibility index (Phi) is 4.58. The third kappa shape index (κ3) is 3.15. The molecule has 2 unspecified atom stereocenters. The van der Waals surface area contributed by atoms with Gasteiger partial charge in [0.15, 0.2) is 9.84 Å². The van der Waals surface area contributed by atoms with Gasteiger partial charge in [-0.15, -0.1) is 0 Å². The maximum atomic E-state index is 12.9. The van der Waals surface area contributed by atoms with Crippen LogP contribution in [0.15, 0.2) is 29.2 Å². The molecule has 5 heteroatoms. The average molecular weight is 285 g/mol. The summed E-state index contributed by atoms with van der Waals surface area (Å²) in [5, 5.41) is 2.93. The molecule has 1 aliphatic carbocycles. The molecule has 1 fully saturated rings. The molecule has 0 saturated heterocycles. The third-order valence-electron chi connectivity index (χ3n) is 3.65. The molecule has 2 atom stereocenters. The Morgan fingerprint density at radius 3 is 2.58 bits per heavy atom. The number of hydrogen-bond acceptors (Lipinski definition) is 3. The van der Waals surface area contributed by atoms with Crippen LogP contribution in [0.5, 0.6) is 0 Å². The molecule has 0 heterocycles. The first-order valence-electron chi connectivity index (χ1n) is 6.78. The van der Waals surface area contributed by atoms with Crippen LogP contribution < -0.4 is 5.32 Å². The van der Waals surface area contributed by atoms with Gasteiger partial charge in [0.2, 0.25) is 0 Å². The summed E-state index contributed by atoms with van der Waals surface area (Å²) in [6.07, 6.45) is 3.48. The Balaban J connectivity index is 2.21. The Morgan fingerprint density at radius 2 is 1.95 bits per heavy atom. The molecule has 0 amide bonds. The molecule has 1 N–H and O–H groups in total. The summed E-state index contributed by atoms with van der Waals surface area (Å²) in [7, 11) is -3.36.